The van der Waals surface area contributed by atoms with E-state index in [1.54, 1.807) is 43.3 Å². The smallest absolute Gasteiger partial charge is 0.257 e. The molecule has 0 saturated carbocycles. The molecule has 1 heterocycles. The molecular formula is C26H29FN4O2. The molecule has 6 nitrogen and oxygen atoms in total. The minimum Gasteiger partial charge on any atom is -0.369 e. The number of hydrogen-bond acceptors (Lipinski definition) is 5. The minimum absolute atomic E-state index is 0.0235. The second kappa shape index (κ2) is 9.95. The predicted molar refractivity (Wildman–Crippen MR) is 125 cm³/mol. The lowest BCUT2D eigenvalue weighted by atomic mass is 9.91. The fourth-order valence-corrected chi connectivity index (χ4v) is 4.25. The molecule has 1 atom stereocenters. The summed E-state index contributed by atoms with van der Waals surface area (Å²) >= 11 is 0. The molecule has 1 aliphatic heterocycles. The van der Waals surface area contributed by atoms with E-state index in [2.05, 4.69) is 11.1 Å². The zero-order valence-corrected chi connectivity index (χ0v) is 19.3. The van der Waals surface area contributed by atoms with E-state index in [1.807, 2.05) is 13.8 Å². The van der Waals surface area contributed by atoms with E-state index in [0.29, 0.717) is 23.1 Å². The van der Waals surface area contributed by atoms with Gasteiger partial charge in [-0.25, -0.2) is 9.38 Å². The predicted octanol–water partition coefficient (Wildman–Crippen LogP) is 3.90. The van der Waals surface area contributed by atoms with E-state index >= 15 is 0 Å². The Balaban J connectivity index is 1.60. The van der Waals surface area contributed by atoms with Crippen molar-refractivity contribution in [1.82, 2.24) is 4.90 Å². The first-order chi connectivity index (χ1) is 15.6. The van der Waals surface area contributed by atoms with E-state index in [1.165, 1.54) is 11.0 Å². The molecule has 0 fully saturated rings. The minimum atomic E-state index is -0.885. The Hall–Kier alpha value is -3.53. The second-order valence-corrected chi connectivity index (χ2v) is 9.19. The lowest BCUT2D eigenvalue weighted by Crippen LogP contribution is -2.43. The molecule has 0 spiro atoms. The summed E-state index contributed by atoms with van der Waals surface area (Å²) in [5, 5.41) is 8.97. The third kappa shape index (κ3) is 5.83. The van der Waals surface area contributed by atoms with Gasteiger partial charge in [-0.1, -0.05) is 38.1 Å². The van der Waals surface area contributed by atoms with Crippen molar-refractivity contribution in [1.29, 1.82) is 5.26 Å². The number of carbonyl (C=O) groups is 2. The number of guanidine groups is 1. The molecule has 0 bridgehead atoms. The highest BCUT2D eigenvalue weighted by Crippen LogP contribution is 2.29. The lowest BCUT2D eigenvalue weighted by molar-refractivity contribution is -0.131. The Bertz CT molecular complexity index is 1140. The highest BCUT2D eigenvalue weighted by Gasteiger charge is 2.44. The number of ketones is 1. The average Bonchev–Trinajstić information content (AvgIpc) is 2.95. The summed E-state index contributed by atoms with van der Waals surface area (Å²) in [6, 6.07) is 13.8. The quantitative estimate of drug-likeness (QED) is 0.629. The number of Topliss-reactive ketones (excluding diaryl/α,β-unsaturated/α-hetero) is 1. The summed E-state index contributed by atoms with van der Waals surface area (Å²) in [5.41, 5.74) is 7.45. The van der Waals surface area contributed by atoms with Crippen LogP contribution in [-0.2, 0) is 29.0 Å². The van der Waals surface area contributed by atoms with Gasteiger partial charge in [0.25, 0.3) is 5.91 Å². The largest absolute Gasteiger partial charge is 0.369 e. The van der Waals surface area contributed by atoms with Gasteiger partial charge in [0.2, 0.25) is 0 Å². The number of nitriles is 1. The fraction of sp³-hybridized carbons (Fsp3) is 0.385. The van der Waals surface area contributed by atoms with Gasteiger partial charge in [-0.05, 0) is 60.6 Å². The van der Waals surface area contributed by atoms with Crippen molar-refractivity contribution in [2.45, 2.75) is 58.5 Å². The molecular weight excluding hydrogens is 419 g/mol. The van der Waals surface area contributed by atoms with E-state index in [0.717, 1.165) is 5.56 Å². The zero-order chi connectivity index (χ0) is 24.2. The number of hydrogen-bond donors (Lipinski definition) is 1. The number of rotatable bonds is 9. The van der Waals surface area contributed by atoms with Gasteiger partial charge in [0.1, 0.15) is 17.1 Å². The summed E-state index contributed by atoms with van der Waals surface area (Å²) in [6.07, 6.45) is 1.28. The molecule has 0 radical (unpaired) electrons. The Labute approximate surface area is 193 Å². The van der Waals surface area contributed by atoms with Crippen LogP contribution in [0.4, 0.5) is 4.39 Å². The first-order valence-corrected chi connectivity index (χ1v) is 11.1. The molecule has 3 rings (SSSR count). The number of halogens is 1. The highest BCUT2D eigenvalue weighted by molar-refractivity contribution is 6.06. The van der Waals surface area contributed by atoms with Crippen molar-refractivity contribution < 1.29 is 14.0 Å². The maximum absolute atomic E-state index is 14.7. The van der Waals surface area contributed by atoms with E-state index in [9.17, 15) is 14.0 Å². The number of nitrogens with zero attached hydrogens (tertiary/aromatic N) is 3. The highest BCUT2D eigenvalue weighted by atomic mass is 19.1. The summed E-state index contributed by atoms with van der Waals surface area (Å²) in [6.45, 7) is 5.97. The Morgan fingerprint density at radius 3 is 2.67 bits per heavy atom. The zero-order valence-electron chi connectivity index (χ0n) is 19.3. The van der Waals surface area contributed by atoms with Crippen LogP contribution in [0.5, 0.6) is 0 Å². The summed E-state index contributed by atoms with van der Waals surface area (Å²) in [7, 11) is 0. The number of nitrogens with two attached hydrogens (primary N) is 1. The Kier molecular flexibility index (Phi) is 7.27. The van der Waals surface area contributed by atoms with Crippen molar-refractivity contribution in [2.24, 2.45) is 16.6 Å². The normalized spacial score (nSPS) is 17.9. The van der Waals surface area contributed by atoms with E-state index in [4.69, 9.17) is 11.0 Å². The van der Waals surface area contributed by atoms with Crippen LogP contribution in [0, 0.1) is 23.1 Å². The maximum atomic E-state index is 14.7. The molecule has 1 unspecified atom stereocenters. The number of carbonyl (C=O) groups excluding carboxylic acids is 2. The molecule has 0 saturated heterocycles. The molecule has 7 heteroatoms. The summed E-state index contributed by atoms with van der Waals surface area (Å²) in [4.78, 5) is 31.0. The average molecular weight is 449 g/mol. The number of amides is 1. The topological polar surface area (TPSA) is 99.5 Å². The molecule has 2 aromatic rings. The van der Waals surface area contributed by atoms with Crippen molar-refractivity contribution in [2.75, 3.05) is 0 Å². The van der Waals surface area contributed by atoms with E-state index in [-0.39, 0.29) is 49.4 Å². The van der Waals surface area contributed by atoms with Gasteiger partial charge < -0.3 is 5.73 Å². The summed E-state index contributed by atoms with van der Waals surface area (Å²) in [5.74, 6) is -0.184. The van der Waals surface area contributed by atoms with Crippen LogP contribution in [0.3, 0.4) is 0 Å². The lowest BCUT2D eigenvalue weighted by Gasteiger charge is -2.23. The van der Waals surface area contributed by atoms with Crippen LogP contribution in [0.15, 0.2) is 47.5 Å². The van der Waals surface area contributed by atoms with Crippen LogP contribution in [0.25, 0.3) is 0 Å². The van der Waals surface area contributed by atoms with Gasteiger partial charge in [0.05, 0.1) is 18.2 Å². The van der Waals surface area contributed by atoms with Gasteiger partial charge in [0.15, 0.2) is 5.96 Å². The van der Waals surface area contributed by atoms with Gasteiger partial charge >= 0.3 is 0 Å². The number of benzene rings is 2. The molecule has 1 aliphatic rings. The molecule has 0 aliphatic carbocycles. The summed E-state index contributed by atoms with van der Waals surface area (Å²) < 4.78 is 14.7. The first-order valence-electron chi connectivity index (χ1n) is 11.1. The van der Waals surface area contributed by atoms with Gasteiger partial charge in [-0.15, -0.1) is 0 Å². The third-order valence-corrected chi connectivity index (χ3v) is 5.74. The maximum Gasteiger partial charge on any atom is 0.257 e. The van der Waals surface area contributed by atoms with Crippen LogP contribution in [0.1, 0.15) is 55.9 Å². The SMILES string of the molecule is CC(C)CC1(C)N=C(N)N(Cc2ccc(CCC(=O)Cc3cccc(C#N)c3)c(F)c2)C1=O. The van der Waals surface area contributed by atoms with Gasteiger partial charge in [-0.3, -0.25) is 14.5 Å². The standard InChI is InChI=1S/C26H29FN4O2/c1-17(2)14-26(3)24(33)31(25(29)30-26)16-20-7-8-21(23(27)13-20)9-10-22(32)12-18-5-4-6-19(11-18)15-28/h4-8,11,13,17H,9-10,12,14,16H2,1-3H3,(H2,29,30). The molecule has 172 valence electrons. The van der Waals surface area contributed by atoms with Crippen molar-refractivity contribution in [3.63, 3.8) is 0 Å². The molecule has 1 amide bonds. The van der Waals surface area contributed by atoms with Crippen LogP contribution in [-0.4, -0.2) is 28.1 Å². The fourth-order valence-electron chi connectivity index (χ4n) is 4.25. The van der Waals surface area contributed by atoms with E-state index < -0.39 is 11.4 Å². The molecule has 2 N–H and O–H groups in total. The van der Waals surface area contributed by atoms with Crippen molar-refractivity contribution in [3.05, 3.63) is 70.5 Å². The molecule has 2 aromatic carbocycles. The van der Waals surface area contributed by atoms with Crippen molar-refractivity contribution in [3.8, 4) is 6.07 Å². The van der Waals surface area contributed by atoms with Crippen LogP contribution in [0.2, 0.25) is 0 Å². The van der Waals surface area contributed by atoms with Gasteiger partial charge in [0, 0.05) is 12.8 Å². The Morgan fingerprint density at radius 2 is 2.00 bits per heavy atom. The number of aryl methyl sites for hydroxylation is 1. The molecule has 33 heavy (non-hydrogen) atoms. The Morgan fingerprint density at radius 1 is 1.24 bits per heavy atom. The number of aliphatic imine (C=N–C) groups is 1. The van der Waals surface area contributed by atoms with Crippen LogP contribution >= 0.6 is 0 Å². The van der Waals surface area contributed by atoms with Gasteiger partial charge in [-0.2, -0.15) is 5.26 Å². The second-order valence-electron chi connectivity index (χ2n) is 9.19. The van der Waals surface area contributed by atoms with Crippen molar-refractivity contribution >= 4 is 17.6 Å². The first kappa shape index (κ1) is 24.1. The third-order valence-electron chi connectivity index (χ3n) is 5.74. The molecule has 0 aromatic heterocycles. The monoisotopic (exact) mass is 448 g/mol. The van der Waals surface area contributed by atoms with Crippen LogP contribution < -0.4 is 5.73 Å².